The van der Waals surface area contributed by atoms with Crippen molar-refractivity contribution in [3.63, 3.8) is 0 Å². The molecule has 0 radical (unpaired) electrons. The summed E-state index contributed by atoms with van der Waals surface area (Å²) in [5, 5.41) is 0. The molecule has 0 aliphatic carbocycles. The highest BCUT2D eigenvalue weighted by Crippen LogP contribution is 2.03. The monoisotopic (exact) mass is 208 g/mol. The van der Waals surface area contributed by atoms with Crippen molar-refractivity contribution < 1.29 is 9.63 Å². The third-order valence-electron chi connectivity index (χ3n) is 1.60. The van der Waals surface area contributed by atoms with E-state index in [9.17, 15) is 4.79 Å². The van der Waals surface area contributed by atoms with E-state index in [1.54, 1.807) is 12.1 Å². The smallest absolute Gasteiger partial charge is 0.358 e. The zero-order chi connectivity index (χ0) is 11.5. The summed E-state index contributed by atoms with van der Waals surface area (Å²) < 4.78 is 0. The molecule has 4 heteroatoms. The summed E-state index contributed by atoms with van der Waals surface area (Å²) in [5.74, 6) is -0.419. The molecule has 1 heterocycles. The lowest BCUT2D eigenvalue weighted by molar-refractivity contribution is 0.00461. The van der Waals surface area contributed by atoms with Crippen molar-refractivity contribution in [2.24, 2.45) is 0 Å². The van der Waals surface area contributed by atoms with Crippen molar-refractivity contribution in [3.8, 4) is 0 Å². The van der Waals surface area contributed by atoms with Crippen molar-refractivity contribution in [3.05, 3.63) is 29.6 Å². The number of hydroxylamine groups is 1. The van der Waals surface area contributed by atoms with Gasteiger partial charge in [-0.05, 0) is 39.8 Å². The Morgan fingerprint density at radius 3 is 2.53 bits per heavy atom. The van der Waals surface area contributed by atoms with Gasteiger partial charge >= 0.3 is 5.97 Å². The molecular weight excluding hydrogens is 192 g/mol. The van der Waals surface area contributed by atoms with Gasteiger partial charge in [0.25, 0.3) is 0 Å². The third-order valence-corrected chi connectivity index (χ3v) is 1.60. The molecule has 1 rings (SSSR count). The lowest BCUT2D eigenvalue weighted by Gasteiger charge is -2.18. The second-order valence-corrected chi connectivity index (χ2v) is 4.43. The molecule has 0 fully saturated rings. The van der Waals surface area contributed by atoms with Gasteiger partial charge in [0.15, 0.2) is 0 Å². The lowest BCUT2D eigenvalue weighted by atomic mass is 10.1. The van der Waals surface area contributed by atoms with Crippen LogP contribution in [0.3, 0.4) is 0 Å². The highest BCUT2D eigenvalue weighted by atomic mass is 16.7. The zero-order valence-corrected chi connectivity index (χ0v) is 9.50. The van der Waals surface area contributed by atoms with Crippen LogP contribution in [-0.2, 0) is 4.84 Å². The predicted molar refractivity (Wildman–Crippen MR) is 57.3 cm³/mol. The average Bonchev–Trinajstić information content (AvgIpc) is 2.14. The minimum absolute atomic E-state index is 0.256. The van der Waals surface area contributed by atoms with Crippen molar-refractivity contribution in [1.82, 2.24) is 10.5 Å². The number of hydrogen-bond acceptors (Lipinski definition) is 4. The highest BCUT2D eigenvalue weighted by Gasteiger charge is 2.14. The van der Waals surface area contributed by atoms with E-state index in [4.69, 9.17) is 4.84 Å². The molecule has 4 nitrogen and oxygen atoms in total. The Balaban J connectivity index is 2.58. The van der Waals surface area contributed by atoms with E-state index in [1.807, 2.05) is 27.7 Å². The fourth-order valence-corrected chi connectivity index (χ4v) is 0.847. The van der Waals surface area contributed by atoms with Gasteiger partial charge in [0.2, 0.25) is 0 Å². The first-order valence-electron chi connectivity index (χ1n) is 4.79. The molecule has 1 aromatic rings. The van der Waals surface area contributed by atoms with Crippen LogP contribution < -0.4 is 5.48 Å². The molecule has 0 saturated heterocycles. The number of rotatable bonds is 2. The van der Waals surface area contributed by atoms with E-state index >= 15 is 0 Å². The van der Waals surface area contributed by atoms with E-state index in [0.29, 0.717) is 5.56 Å². The van der Waals surface area contributed by atoms with Gasteiger partial charge in [0.05, 0.1) is 5.56 Å². The van der Waals surface area contributed by atoms with Crippen LogP contribution in [0.2, 0.25) is 0 Å². The van der Waals surface area contributed by atoms with Gasteiger partial charge in [-0.1, -0.05) is 0 Å². The number of aromatic nitrogens is 1. The van der Waals surface area contributed by atoms with Gasteiger partial charge < -0.3 is 4.84 Å². The van der Waals surface area contributed by atoms with E-state index in [-0.39, 0.29) is 5.54 Å². The van der Waals surface area contributed by atoms with Crippen LogP contribution in [0, 0.1) is 6.92 Å². The third kappa shape index (κ3) is 4.08. The molecule has 0 amide bonds. The molecule has 0 saturated carbocycles. The number of carbonyl (C=O) groups excluding carboxylic acids is 1. The number of nitrogens with zero attached hydrogens (tertiary/aromatic N) is 1. The topological polar surface area (TPSA) is 51.2 Å². The van der Waals surface area contributed by atoms with Gasteiger partial charge in [-0.15, -0.1) is 5.48 Å². The maximum absolute atomic E-state index is 11.5. The molecule has 1 N–H and O–H groups in total. The molecule has 0 aliphatic heterocycles. The lowest BCUT2D eigenvalue weighted by Crippen LogP contribution is -2.37. The molecule has 1 aromatic heterocycles. The second kappa shape index (κ2) is 4.40. The first kappa shape index (κ1) is 11.7. The van der Waals surface area contributed by atoms with Gasteiger partial charge in [-0.2, -0.15) is 0 Å². The molecule has 0 aromatic carbocycles. The van der Waals surface area contributed by atoms with Crippen LogP contribution in [0.15, 0.2) is 18.3 Å². The SMILES string of the molecule is Cc1ccc(C(=O)ONC(C)(C)C)cn1. The maximum atomic E-state index is 11.5. The fraction of sp³-hybridized carbons (Fsp3) is 0.455. The first-order valence-corrected chi connectivity index (χ1v) is 4.79. The van der Waals surface area contributed by atoms with Crippen molar-refractivity contribution in [2.45, 2.75) is 33.2 Å². The Hall–Kier alpha value is -1.42. The average molecular weight is 208 g/mol. The zero-order valence-electron chi connectivity index (χ0n) is 9.50. The van der Waals surface area contributed by atoms with Crippen molar-refractivity contribution >= 4 is 5.97 Å². The van der Waals surface area contributed by atoms with Gasteiger partial charge in [0.1, 0.15) is 0 Å². The molecular formula is C11H16N2O2. The summed E-state index contributed by atoms with van der Waals surface area (Å²) in [6.45, 7) is 7.59. The van der Waals surface area contributed by atoms with E-state index in [2.05, 4.69) is 10.5 Å². The second-order valence-electron chi connectivity index (χ2n) is 4.43. The number of carbonyl (C=O) groups is 1. The van der Waals surface area contributed by atoms with E-state index < -0.39 is 5.97 Å². The molecule has 0 atom stereocenters. The molecule has 0 unspecified atom stereocenters. The van der Waals surface area contributed by atoms with Crippen LogP contribution >= 0.6 is 0 Å². The molecule has 15 heavy (non-hydrogen) atoms. The Morgan fingerprint density at radius 1 is 1.40 bits per heavy atom. The van der Waals surface area contributed by atoms with Gasteiger partial charge in [0, 0.05) is 17.4 Å². The summed E-state index contributed by atoms with van der Waals surface area (Å²) in [6, 6.07) is 3.46. The number of nitrogens with one attached hydrogen (secondary N) is 1. The van der Waals surface area contributed by atoms with Crippen molar-refractivity contribution in [1.29, 1.82) is 0 Å². The van der Waals surface area contributed by atoms with Gasteiger partial charge in [-0.3, -0.25) is 4.98 Å². The molecule has 0 spiro atoms. The number of pyridine rings is 1. The van der Waals surface area contributed by atoms with Crippen LogP contribution in [0.1, 0.15) is 36.8 Å². The van der Waals surface area contributed by atoms with Crippen LogP contribution in [-0.4, -0.2) is 16.5 Å². The summed E-state index contributed by atoms with van der Waals surface area (Å²) in [5.41, 5.74) is 3.71. The quantitative estimate of drug-likeness (QED) is 0.753. The molecule has 0 aliphatic rings. The normalized spacial score (nSPS) is 11.2. The Kier molecular flexibility index (Phi) is 3.42. The Morgan fingerprint density at radius 2 is 2.07 bits per heavy atom. The van der Waals surface area contributed by atoms with Crippen LogP contribution in [0.4, 0.5) is 0 Å². The van der Waals surface area contributed by atoms with Crippen molar-refractivity contribution in [2.75, 3.05) is 0 Å². The summed E-state index contributed by atoms with van der Waals surface area (Å²) >= 11 is 0. The largest absolute Gasteiger partial charge is 0.366 e. The molecule has 0 bridgehead atoms. The minimum Gasteiger partial charge on any atom is -0.366 e. The standard InChI is InChI=1S/C11H16N2O2/c1-8-5-6-9(7-12-8)10(14)15-13-11(2,3)4/h5-7,13H,1-4H3. The highest BCUT2D eigenvalue weighted by molar-refractivity contribution is 5.88. The predicted octanol–water partition coefficient (Wildman–Crippen LogP) is 1.85. The van der Waals surface area contributed by atoms with Crippen LogP contribution in [0.5, 0.6) is 0 Å². The molecule has 82 valence electrons. The fourth-order valence-electron chi connectivity index (χ4n) is 0.847. The summed E-state index contributed by atoms with van der Waals surface area (Å²) in [4.78, 5) is 20.4. The number of aryl methyl sites for hydroxylation is 1. The number of hydrogen-bond donors (Lipinski definition) is 1. The Labute approximate surface area is 89.6 Å². The van der Waals surface area contributed by atoms with Crippen LogP contribution in [0.25, 0.3) is 0 Å². The maximum Gasteiger partial charge on any atom is 0.358 e. The van der Waals surface area contributed by atoms with Gasteiger partial charge in [-0.25, -0.2) is 4.79 Å². The first-order chi connectivity index (χ1) is 6.88. The Bertz CT molecular complexity index is 339. The van der Waals surface area contributed by atoms with E-state index in [0.717, 1.165) is 5.69 Å². The minimum atomic E-state index is -0.419. The van der Waals surface area contributed by atoms with E-state index in [1.165, 1.54) is 6.20 Å². The summed E-state index contributed by atoms with van der Waals surface area (Å²) in [6.07, 6.45) is 1.50. The summed E-state index contributed by atoms with van der Waals surface area (Å²) in [7, 11) is 0.